The number of benzene rings is 4. The second kappa shape index (κ2) is 18.3. The van der Waals surface area contributed by atoms with Crippen LogP contribution in [0.1, 0.15) is 118 Å². The van der Waals surface area contributed by atoms with E-state index in [9.17, 15) is 28.8 Å². The zero-order valence-electron chi connectivity index (χ0n) is 37.5. The van der Waals surface area contributed by atoms with Gasteiger partial charge in [-0.3, -0.25) is 39.0 Å². The normalized spacial score (nSPS) is 22.4. The summed E-state index contributed by atoms with van der Waals surface area (Å²) in [6, 6.07) is 19.7. The number of piperidine rings is 1. The zero-order chi connectivity index (χ0) is 48.2. The van der Waals surface area contributed by atoms with Crippen molar-refractivity contribution in [3.63, 3.8) is 0 Å². The number of anilines is 3. The Morgan fingerprint density at radius 1 is 0.913 bits per heavy atom. The number of allylic oxidation sites excluding steroid dienone is 1. The molecule has 354 valence electrons. The molecule has 1 saturated carbocycles. The molecule has 0 bridgehead atoms. The number of nitrogens with zero attached hydrogens (tertiary/aromatic N) is 3. The summed E-state index contributed by atoms with van der Waals surface area (Å²) in [5.74, 6) is -3.93. The number of ketones is 1. The molecular weight excluding hydrogens is 923 g/mol. The number of amides is 5. The number of carbonyl (C=O) groups excluding carboxylic acids is 6. The molecule has 2 saturated heterocycles. The molecule has 14 nitrogen and oxygen atoms in total. The van der Waals surface area contributed by atoms with Crippen LogP contribution in [0.4, 0.5) is 21.5 Å². The Morgan fingerprint density at radius 3 is 2.48 bits per heavy atom. The highest BCUT2D eigenvalue weighted by Gasteiger charge is 2.72. The largest absolute Gasteiger partial charge is 0.379 e. The van der Waals surface area contributed by atoms with Gasteiger partial charge >= 0.3 is 0 Å². The number of aromatic nitrogens is 2. The molecule has 1 aliphatic carbocycles. The van der Waals surface area contributed by atoms with Gasteiger partial charge in [-0.05, 0) is 104 Å². The van der Waals surface area contributed by atoms with Gasteiger partial charge < -0.3 is 25.8 Å². The first kappa shape index (κ1) is 46.1. The maximum Gasteiger partial charge on any atom is 0.264 e. The van der Waals surface area contributed by atoms with Crippen molar-refractivity contribution in [2.24, 2.45) is 0 Å². The topological polar surface area (TPSA) is 184 Å². The van der Waals surface area contributed by atoms with E-state index in [4.69, 9.17) is 23.2 Å². The molecule has 17 heteroatoms. The number of hydrogen-bond donors (Lipinski definition) is 5. The van der Waals surface area contributed by atoms with E-state index in [0.29, 0.717) is 96.1 Å². The molecular formula is C52H49Cl2FN8O6. The van der Waals surface area contributed by atoms with Gasteiger partial charge in [0.1, 0.15) is 17.3 Å². The second-order valence-electron chi connectivity index (χ2n) is 18.6. The smallest absolute Gasteiger partial charge is 0.264 e. The molecule has 5 amide bonds. The minimum atomic E-state index is -1.36. The van der Waals surface area contributed by atoms with Gasteiger partial charge in [-0.2, -0.15) is 0 Å². The summed E-state index contributed by atoms with van der Waals surface area (Å²) in [5.41, 5.74) is 2.26. The van der Waals surface area contributed by atoms with Crippen LogP contribution in [0, 0.1) is 5.82 Å². The molecule has 5 aromatic rings. The highest BCUT2D eigenvalue weighted by molar-refractivity contribution is 6.31. The van der Waals surface area contributed by atoms with Crippen LogP contribution in [0.5, 0.6) is 0 Å². The van der Waals surface area contributed by atoms with Gasteiger partial charge in [-0.1, -0.05) is 73.3 Å². The zero-order valence-corrected chi connectivity index (χ0v) is 39.0. The lowest BCUT2D eigenvalue weighted by Crippen LogP contribution is -2.60. The van der Waals surface area contributed by atoms with E-state index >= 15 is 4.39 Å². The maximum atomic E-state index is 16.3. The number of aryl methyl sites for hydroxylation is 1. The number of Topliss-reactive ketones (excluding diaryl/α,β-unsaturated/α-hetero) is 1. The molecule has 4 aromatic carbocycles. The van der Waals surface area contributed by atoms with Crippen LogP contribution in [-0.2, 0) is 32.9 Å². The van der Waals surface area contributed by atoms with Gasteiger partial charge in [0.15, 0.2) is 5.78 Å². The van der Waals surface area contributed by atoms with E-state index in [2.05, 4.69) is 38.1 Å². The molecule has 3 fully saturated rings. The summed E-state index contributed by atoms with van der Waals surface area (Å²) in [5, 5.41) is 15.9. The van der Waals surface area contributed by atoms with Crippen LogP contribution in [0.3, 0.4) is 0 Å². The van der Waals surface area contributed by atoms with Crippen LogP contribution < -0.4 is 26.6 Å². The standard InChI is InChI=1S/C52H49Cl2FN8O6/c1-29-14-21-40(46(65)58-29)63-48(67)34-9-8-12-38(42(34)49(63)68)56-26-33-27-62(28-57-33)24-6-3-13-41(64)30-15-18-32(19-16-30)59-47(66)45-43(35-10-7-11-37(54)44(35)55)52(51(61-45)22-4-2-5-23-51)36-20-17-31(53)25-39(36)60-50(52)69/h7-12,15-20,25,27-28,40,43,45,56,61H,1-6,13-14,21-24,26H2,(H,58,65)(H,59,66)(H,60,69)/t40?,43-,45+,52+/m0/s1. The predicted octanol–water partition coefficient (Wildman–Crippen LogP) is 8.67. The number of rotatable bonds is 13. The fourth-order valence-corrected chi connectivity index (χ4v) is 11.8. The average Bonchev–Trinajstić information content (AvgIpc) is 4.06. The second-order valence-corrected chi connectivity index (χ2v) is 19.4. The summed E-state index contributed by atoms with van der Waals surface area (Å²) < 4.78 is 18.2. The minimum absolute atomic E-state index is 0.0545. The lowest BCUT2D eigenvalue weighted by atomic mass is 9.55. The van der Waals surface area contributed by atoms with Crippen molar-refractivity contribution >= 4 is 75.6 Å². The van der Waals surface area contributed by atoms with E-state index < -0.39 is 58.4 Å². The summed E-state index contributed by atoms with van der Waals surface area (Å²) in [6.45, 7) is 4.68. The first-order chi connectivity index (χ1) is 33.3. The fraction of sp³-hybridized carbons (Fsp3) is 0.327. The number of imidazole rings is 1. The number of nitrogens with one attached hydrogen (secondary N) is 5. The molecule has 1 aromatic heterocycles. The van der Waals surface area contributed by atoms with Crippen molar-refractivity contribution < 1.29 is 33.2 Å². The molecule has 5 heterocycles. The summed E-state index contributed by atoms with van der Waals surface area (Å²) >= 11 is 12.8. The average molecular weight is 972 g/mol. The first-order valence-electron chi connectivity index (χ1n) is 23.3. The van der Waals surface area contributed by atoms with Crippen LogP contribution >= 0.6 is 23.2 Å². The first-order valence-corrected chi connectivity index (χ1v) is 24.1. The quantitative estimate of drug-likeness (QED) is 0.0438. The van der Waals surface area contributed by atoms with Gasteiger partial charge in [0.25, 0.3) is 11.8 Å². The Morgan fingerprint density at radius 2 is 1.70 bits per heavy atom. The van der Waals surface area contributed by atoms with Gasteiger partial charge in [-0.25, -0.2) is 9.37 Å². The molecule has 69 heavy (non-hydrogen) atoms. The Bertz CT molecular complexity index is 2970. The Labute approximate surface area is 407 Å². The summed E-state index contributed by atoms with van der Waals surface area (Å²) in [6.07, 6.45) is 9.77. The highest BCUT2D eigenvalue weighted by atomic mass is 35.5. The summed E-state index contributed by atoms with van der Waals surface area (Å²) in [7, 11) is 0. The minimum Gasteiger partial charge on any atom is -0.379 e. The number of hydrogen-bond acceptors (Lipinski definition) is 9. The lowest BCUT2D eigenvalue weighted by molar-refractivity contribution is -0.125. The Hall–Kier alpha value is -6.68. The highest BCUT2D eigenvalue weighted by Crippen LogP contribution is 2.63. The number of halogens is 3. The molecule has 0 radical (unpaired) electrons. The maximum absolute atomic E-state index is 16.3. The van der Waals surface area contributed by atoms with Crippen LogP contribution in [-0.4, -0.2) is 67.4 Å². The number of imide groups is 1. The van der Waals surface area contributed by atoms with Crippen molar-refractivity contribution in [1.29, 1.82) is 0 Å². The monoisotopic (exact) mass is 970 g/mol. The molecule has 10 rings (SSSR count). The third kappa shape index (κ3) is 7.99. The molecule has 5 N–H and O–H groups in total. The molecule has 4 aliphatic heterocycles. The number of fused-ring (bicyclic) bond motifs is 4. The van der Waals surface area contributed by atoms with Crippen molar-refractivity contribution in [2.75, 3.05) is 16.0 Å². The lowest BCUT2D eigenvalue weighted by Gasteiger charge is -2.47. The van der Waals surface area contributed by atoms with Crippen molar-refractivity contribution in [3.8, 4) is 0 Å². The van der Waals surface area contributed by atoms with Gasteiger partial charge in [0.2, 0.25) is 17.7 Å². The third-order valence-corrected chi connectivity index (χ3v) is 15.1. The fourth-order valence-electron chi connectivity index (χ4n) is 11.4. The van der Waals surface area contributed by atoms with E-state index in [1.54, 1.807) is 73.1 Å². The summed E-state index contributed by atoms with van der Waals surface area (Å²) in [4.78, 5) is 87.6. The third-order valence-electron chi connectivity index (χ3n) is 14.6. The van der Waals surface area contributed by atoms with Gasteiger partial charge in [-0.15, -0.1) is 0 Å². The number of carbonyl (C=O) groups is 6. The van der Waals surface area contributed by atoms with Crippen LogP contribution in [0.25, 0.3) is 0 Å². The van der Waals surface area contributed by atoms with Crippen LogP contribution in [0.2, 0.25) is 10.0 Å². The Kier molecular flexibility index (Phi) is 12.2. The van der Waals surface area contributed by atoms with Gasteiger partial charge in [0, 0.05) is 64.0 Å². The molecule has 5 aliphatic rings. The molecule has 2 spiro atoms. The van der Waals surface area contributed by atoms with Crippen molar-refractivity contribution in [1.82, 2.24) is 25.1 Å². The SMILES string of the molecule is C=C1CCC(N2C(=O)c3cccc(NCc4cn(CCCCC(=O)c5ccc(NC(=O)[C@@H]6NC7(CCCCC7)[C@@]7(C(=O)Nc8cc(Cl)ccc87)[C@H]6c6cccc(Cl)c6F)cc5)cn4)c3C2=O)C(=O)N1. The van der Waals surface area contributed by atoms with Gasteiger partial charge in [0.05, 0.1) is 40.8 Å². The van der Waals surface area contributed by atoms with Crippen LogP contribution in [0.15, 0.2) is 104 Å². The van der Waals surface area contributed by atoms with Crippen molar-refractivity contribution in [3.05, 3.63) is 153 Å². The predicted molar refractivity (Wildman–Crippen MR) is 259 cm³/mol. The van der Waals surface area contributed by atoms with E-state index in [0.717, 1.165) is 24.2 Å². The Balaban J connectivity index is 0.762. The van der Waals surface area contributed by atoms with E-state index in [1.165, 1.54) is 6.07 Å². The number of unbranched alkanes of at least 4 members (excludes halogenated alkanes) is 1. The molecule has 1 unspecified atom stereocenters. The van der Waals surface area contributed by atoms with Crippen molar-refractivity contribution in [2.45, 2.75) is 106 Å². The molecule has 4 atom stereocenters. The van der Waals surface area contributed by atoms with E-state index in [-0.39, 0.29) is 39.9 Å². The van der Waals surface area contributed by atoms with E-state index in [1.807, 2.05) is 16.8 Å².